The van der Waals surface area contributed by atoms with Crippen LogP contribution in [0.2, 0.25) is 0 Å². The molecule has 1 aromatic carbocycles. The molecule has 0 unspecified atom stereocenters. The van der Waals surface area contributed by atoms with E-state index in [1.54, 1.807) is 7.05 Å². The minimum atomic E-state index is -0.386. The molecule has 29 heavy (non-hydrogen) atoms. The first-order valence-corrected chi connectivity index (χ1v) is 9.69. The molecule has 4 rings (SSSR count). The molecule has 0 atom stereocenters. The van der Waals surface area contributed by atoms with Crippen LogP contribution < -0.4 is 11.2 Å². The van der Waals surface area contributed by atoms with E-state index in [1.807, 2.05) is 54.0 Å². The Morgan fingerprint density at radius 2 is 1.76 bits per heavy atom. The second-order valence-electron chi connectivity index (χ2n) is 7.48. The van der Waals surface area contributed by atoms with Crippen LogP contribution in [0.25, 0.3) is 16.9 Å². The van der Waals surface area contributed by atoms with Gasteiger partial charge in [0, 0.05) is 31.6 Å². The number of imidazole rings is 2. The quantitative estimate of drug-likeness (QED) is 0.555. The number of hydrogen-bond donors (Lipinski definition) is 1. The predicted octanol–water partition coefficient (Wildman–Crippen LogP) is 1.51. The maximum absolute atomic E-state index is 13.4. The Labute approximate surface area is 167 Å². The van der Waals surface area contributed by atoms with Crippen LogP contribution in [0.4, 0.5) is 0 Å². The summed E-state index contributed by atoms with van der Waals surface area (Å²) in [6.07, 6.45) is 0.588. The molecule has 0 aliphatic heterocycles. The molecule has 0 saturated carbocycles. The van der Waals surface area contributed by atoms with Crippen LogP contribution >= 0.6 is 0 Å². The highest BCUT2D eigenvalue weighted by molar-refractivity contribution is 5.76. The Kier molecular flexibility index (Phi) is 4.66. The van der Waals surface area contributed by atoms with Crippen molar-refractivity contribution in [1.29, 1.82) is 0 Å². The van der Waals surface area contributed by atoms with E-state index in [2.05, 4.69) is 4.98 Å². The summed E-state index contributed by atoms with van der Waals surface area (Å²) in [7, 11) is 1.64. The van der Waals surface area contributed by atoms with Crippen LogP contribution in [0.3, 0.4) is 0 Å². The lowest BCUT2D eigenvalue weighted by atomic mass is 10.1. The molecule has 1 N–H and O–H groups in total. The van der Waals surface area contributed by atoms with E-state index in [-0.39, 0.29) is 24.4 Å². The summed E-state index contributed by atoms with van der Waals surface area (Å²) in [6.45, 7) is 6.76. The van der Waals surface area contributed by atoms with Crippen molar-refractivity contribution >= 4 is 16.9 Å². The second kappa shape index (κ2) is 7.04. The second-order valence-corrected chi connectivity index (χ2v) is 7.48. The van der Waals surface area contributed by atoms with Gasteiger partial charge in [-0.05, 0) is 38.3 Å². The molecule has 0 aliphatic carbocycles. The Balaban J connectivity index is 2.03. The highest BCUT2D eigenvalue weighted by Crippen LogP contribution is 2.21. The fraction of sp³-hybridized carbons (Fsp3) is 0.381. The first-order chi connectivity index (χ1) is 13.9. The number of aryl methyl sites for hydroxylation is 4. The average Bonchev–Trinajstić information content (AvgIpc) is 3.20. The molecule has 4 aromatic rings. The van der Waals surface area contributed by atoms with Gasteiger partial charge in [-0.15, -0.1) is 0 Å². The van der Waals surface area contributed by atoms with Crippen molar-refractivity contribution in [1.82, 2.24) is 23.1 Å². The van der Waals surface area contributed by atoms with E-state index in [1.165, 1.54) is 9.13 Å². The summed E-state index contributed by atoms with van der Waals surface area (Å²) >= 11 is 0. The van der Waals surface area contributed by atoms with Crippen molar-refractivity contribution in [2.45, 2.75) is 40.3 Å². The third kappa shape index (κ3) is 2.82. The summed E-state index contributed by atoms with van der Waals surface area (Å²) < 4.78 is 6.53. The van der Waals surface area contributed by atoms with Gasteiger partial charge in [-0.3, -0.25) is 18.3 Å². The molecule has 0 fully saturated rings. The van der Waals surface area contributed by atoms with Crippen molar-refractivity contribution < 1.29 is 5.11 Å². The molecule has 3 aromatic heterocycles. The number of hydrogen-bond acceptors (Lipinski definition) is 4. The number of aliphatic hydroxyl groups excluding tert-OH is 1. The average molecular weight is 395 g/mol. The Bertz CT molecular complexity index is 1350. The van der Waals surface area contributed by atoms with Crippen molar-refractivity contribution in [2.75, 3.05) is 6.61 Å². The zero-order valence-corrected chi connectivity index (χ0v) is 17.1. The van der Waals surface area contributed by atoms with Gasteiger partial charge in [0.2, 0.25) is 5.78 Å². The molecule has 8 nitrogen and oxygen atoms in total. The van der Waals surface area contributed by atoms with Gasteiger partial charge in [0.25, 0.3) is 5.56 Å². The van der Waals surface area contributed by atoms with Crippen molar-refractivity contribution in [3.05, 3.63) is 67.6 Å². The minimum Gasteiger partial charge on any atom is -0.396 e. The van der Waals surface area contributed by atoms with Crippen LogP contribution in [0.5, 0.6) is 0 Å². The molecule has 0 aliphatic rings. The molecule has 3 heterocycles. The zero-order valence-electron chi connectivity index (χ0n) is 17.1. The van der Waals surface area contributed by atoms with Gasteiger partial charge < -0.3 is 9.67 Å². The molecule has 8 heteroatoms. The van der Waals surface area contributed by atoms with Crippen LogP contribution in [0.1, 0.15) is 28.9 Å². The van der Waals surface area contributed by atoms with E-state index in [0.717, 1.165) is 22.5 Å². The maximum atomic E-state index is 13.4. The van der Waals surface area contributed by atoms with Crippen LogP contribution in [0, 0.1) is 20.8 Å². The number of nitrogens with zero attached hydrogens (tertiary/aromatic N) is 5. The maximum Gasteiger partial charge on any atom is 0.332 e. The van der Waals surface area contributed by atoms with Crippen LogP contribution in [-0.4, -0.2) is 34.8 Å². The molecule has 0 radical (unpaired) electrons. The van der Waals surface area contributed by atoms with Gasteiger partial charge in [0.1, 0.15) is 0 Å². The van der Waals surface area contributed by atoms with Gasteiger partial charge in [-0.25, -0.2) is 4.79 Å². The van der Waals surface area contributed by atoms with E-state index in [0.29, 0.717) is 29.9 Å². The first kappa shape index (κ1) is 19.2. The number of benzene rings is 1. The van der Waals surface area contributed by atoms with Gasteiger partial charge in [0.15, 0.2) is 11.2 Å². The fourth-order valence-corrected chi connectivity index (χ4v) is 3.91. The molecule has 0 amide bonds. The molecule has 0 spiro atoms. The van der Waals surface area contributed by atoms with E-state index in [4.69, 9.17) is 0 Å². The zero-order chi connectivity index (χ0) is 20.9. The summed E-state index contributed by atoms with van der Waals surface area (Å²) in [4.78, 5) is 31.0. The Hall–Kier alpha value is -3.13. The monoisotopic (exact) mass is 395 g/mol. The SMILES string of the molecule is Cc1ccccc1Cn1c(=O)c2c(nc3n(CCCO)c(C)c(C)n23)n(C)c1=O. The Morgan fingerprint density at radius 3 is 2.45 bits per heavy atom. The molecule has 152 valence electrons. The van der Waals surface area contributed by atoms with Crippen LogP contribution in [-0.2, 0) is 20.1 Å². The van der Waals surface area contributed by atoms with Gasteiger partial charge in [-0.1, -0.05) is 24.3 Å². The van der Waals surface area contributed by atoms with E-state index < -0.39 is 0 Å². The summed E-state index contributed by atoms with van der Waals surface area (Å²) in [6, 6.07) is 7.74. The molecular formula is C21H25N5O3. The molecule has 0 bridgehead atoms. The normalized spacial score (nSPS) is 11.8. The summed E-state index contributed by atoms with van der Waals surface area (Å²) in [5.74, 6) is 0.615. The third-order valence-electron chi connectivity index (χ3n) is 5.76. The lowest BCUT2D eigenvalue weighted by molar-refractivity contribution is 0.280. The highest BCUT2D eigenvalue weighted by atomic mass is 16.3. The smallest absolute Gasteiger partial charge is 0.332 e. The van der Waals surface area contributed by atoms with Crippen molar-refractivity contribution in [2.24, 2.45) is 7.05 Å². The van der Waals surface area contributed by atoms with Gasteiger partial charge >= 0.3 is 5.69 Å². The van der Waals surface area contributed by atoms with Crippen molar-refractivity contribution in [3.63, 3.8) is 0 Å². The van der Waals surface area contributed by atoms with Gasteiger partial charge in [0.05, 0.1) is 6.54 Å². The standard InChI is InChI=1S/C21H25N5O3/c1-13-8-5-6-9-16(13)12-25-19(28)17-18(23(4)21(25)29)22-20-24(10-7-11-27)14(2)15(3)26(17)20/h5-6,8-9,27H,7,10-12H2,1-4H3. The third-order valence-corrected chi connectivity index (χ3v) is 5.76. The number of aromatic nitrogens is 5. The highest BCUT2D eigenvalue weighted by Gasteiger charge is 2.22. The lowest BCUT2D eigenvalue weighted by Gasteiger charge is -2.10. The number of aliphatic hydroxyl groups is 1. The minimum absolute atomic E-state index is 0.0742. The summed E-state index contributed by atoms with van der Waals surface area (Å²) in [5, 5.41) is 9.22. The fourth-order valence-electron chi connectivity index (χ4n) is 3.91. The largest absolute Gasteiger partial charge is 0.396 e. The predicted molar refractivity (Wildman–Crippen MR) is 112 cm³/mol. The summed E-state index contributed by atoms with van der Waals surface area (Å²) in [5.41, 5.74) is 3.89. The van der Waals surface area contributed by atoms with Crippen molar-refractivity contribution in [3.8, 4) is 0 Å². The first-order valence-electron chi connectivity index (χ1n) is 9.69. The lowest BCUT2D eigenvalue weighted by Crippen LogP contribution is -2.39. The molecule has 0 saturated heterocycles. The number of rotatable bonds is 5. The van der Waals surface area contributed by atoms with Gasteiger partial charge in [-0.2, -0.15) is 4.98 Å². The Morgan fingerprint density at radius 1 is 1.03 bits per heavy atom. The number of fused-ring (bicyclic) bond motifs is 3. The molecular weight excluding hydrogens is 370 g/mol. The van der Waals surface area contributed by atoms with E-state index >= 15 is 0 Å². The van der Waals surface area contributed by atoms with E-state index in [9.17, 15) is 14.7 Å². The topological polar surface area (TPSA) is 86.5 Å². The van der Waals surface area contributed by atoms with Crippen LogP contribution in [0.15, 0.2) is 33.9 Å².